The molecule has 31 heavy (non-hydrogen) atoms. The molecule has 8 heteroatoms. The van der Waals surface area contributed by atoms with Crippen molar-refractivity contribution in [3.63, 3.8) is 0 Å². The highest BCUT2D eigenvalue weighted by Gasteiger charge is 2.31. The summed E-state index contributed by atoms with van der Waals surface area (Å²) in [6, 6.07) is 16.9. The van der Waals surface area contributed by atoms with E-state index in [9.17, 15) is 9.59 Å². The van der Waals surface area contributed by atoms with Gasteiger partial charge in [0, 0.05) is 5.56 Å². The number of para-hydroxylation sites is 2. The Morgan fingerprint density at radius 2 is 1.87 bits per heavy atom. The molecular formula is C23H28N5O3+. The van der Waals surface area contributed by atoms with Gasteiger partial charge >= 0.3 is 0 Å². The van der Waals surface area contributed by atoms with Crippen LogP contribution in [0.2, 0.25) is 0 Å². The number of piperazine rings is 1. The first-order chi connectivity index (χ1) is 15.1. The normalized spacial score (nSPS) is 19.4. The van der Waals surface area contributed by atoms with E-state index in [-0.39, 0.29) is 18.2 Å². The third-order valence-electron chi connectivity index (χ3n) is 5.64. The second kappa shape index (κ2) is 9.61. The van der Waals surface area contributed by atoms with Crippen molar-refractivity contribution >= 4 is 23.5 Å². The summed E-state index contributed by atoms with van der Waals surface area (Å²) in [7, 11) is 1.55. The van der Waals surface area contributed by atoms with Gasteiger partial charge in [0.05, 0.1) is 45.4 Å². The van der Waals surface area contributed by atoms with E-state index in [1.807, 2.05) is 18.2 Å². The molecule has 2 aromatic rings. The number of hydrogen-bond donors (Lipinski definition) is 3. The summed E-state index contributed by atoms with van der Waals surface area (Å²) in [6.45, 7) is 4.44. The summed E-state index contributed by atoms with van der Waals surface area (Å²) in [5, 5.41) is 5.68. The molecular weight excluding hydrogens is 394 g/mol. The molecule has 0 bridgehead atoms. The van der Waals surface area contributed by atoms with E-state index in [0.29, 0.717) is 17.4 Å². The zero-order valence-corrected chi connectivity index (χ0v) is 17.6. The quantitative estimate of drug-likeness (QED) is 0.646. The van der Waals surface area contributed by atoms with E-state index in [0.717, 1.165) is 32.7 Å². The first kappa shape index (κ1) is 20.9. The van der Waals surface area contributed by atoms with Crippen molar-refractivity contribution in [2.45, 2.75) is 19.0 Å². The second-order valence-corrected chi connectivity index (χ2v) is 7.81. The van der Waals surface area contributed by atoms with Gasteiger partial charge < -0.3 is 19.9 Å². The van der Waals surface area contributed by atoms with Gasteiger partial charge in [-0.1, -0.05) is 42.5 Å². The molecule has 2 amide bonds. The number of carbonyl (C=O) groups is 2. The Hall–Kier alpha value is -3.39. The largest absolute Gasteiger partial charge is 0.495 e. The van der Waals surface area contributed by atoms with Crippen molar-refractivity contribution in [3.05, 3.63) is 60.2 Å². The lowest BCUT2D eigenvalue weighted by molar-refractivity contribution is -0.917. The number of aliphatic imine (C=N–C) groups is 1. The number of quaternary nitrogens is 1. The van der Waals surface area contributed by atoms with E-state index >= 15 is 0 Å². The number of nitrogens with zero attached hydrogens (tertiary/aromatic N) is 2. The maximum absolute atomic E-state index is 12.8. The number of ether oxygens (including phenoxy) is 1. The monoisotopic (exact) mass is 422 g/mol. The molecule has 0 spiro atoms. The van der Waals surface area contributed by atoms with Gasteiger partial charge in [0.25, 0.3) is 0 Å². The summed E-state index contributed by atoms with van der Waals surface area (Å²) < 4.78 is 5.28. The molecule has 8 nitrogen and oxygen atoms in total. The van der Waals surface area contributed by atoms with Crippen molar-refractivity contribution in [3.8, 4) is 5.75 Å². The molecule has 4 rings (SSSR count). The van der Waals surface area contributed by atoms with Crippen LogP contribution in [-0.2, 0) is 16.1 Å². The number of hydrogen-bond acceptors (Lipinski definition) is 5. The molecule has 2 aliphatic rings. The first-order valence-electron chi connectivity index (χ1n) is 10.6. The van der Waals surface area contributed by atoms with Crippen LogP contribution in [0.1, 0.15) is 12.0 Å². The van der Waals surface area contributed by atoms with Crippen LogP contribution in [0.5, 0.6) is 5.75 Å². The molecule has 0 aromatic heterocycles. The van der Waals surface area contributed by atoms with E-state index in [1.165, 1.54) is 10.5 Å². The lowest BCUT2D eigenvalue weighted by Gasteiger charge is -2.35. The fourth-order valence-corrected chi connectivity index (χ4v) is 3.95. The molecule has 1 saturated heterocycles. The van der Waals surface area contributed by atoms with Gasteiger partial charge in [-0.05, 0) is 12.1 Å². The molecule has 0 radical (unpaired) electrons. The van der Waals surface area contributed by atoms with Crippen molar-refractivity contribution in [2.24, 2.45) is 4.99 Å². The smallest absolute Gasteiger partial charge is 0.249 e. The number of guanidine groups is 1. The average molecular weight is 423 g/mol. The lowest BCUT2D eigenvalue weighted by atomic mass is 10.1. The maximum atomic E-state index is 12.8. The van der Waals surface area contributed by atoms with Gasteiger partial charge in [-0.25, -0.2) is 4.99 Å². The fourth-order valence-electron chi connectivity index (χ4n) is 3.95. The van der Waals surface area contributed by atoms with Crippen LogP contribution in [0.25, 0.3) is 0 Å². The number of benzene rings is 2. The number of amides is 2. The molecule has 2 heterocycles. The summed E-state index contributed by atoms with van der Waals surface area (Å²) in [5.74, 6) is 0.558. The van der Waals surface area contributed by atoms with Gasteiger partial charge in [0.2, 0.25) is 17.8 Å². The zero-order chi connectivity index (χ0) is 21.6. The Kier molecular flexibility index (Phi) is 6.47. The first-order valence-corrected chi connectivity index (χ1v) is 10.6. The number of nitrogens with one attached hydrogen (secondary N) is 3. The minimum absolute atomic E-state index is 0.0315. The standard InChI is InChI=1S/C23H27N5O3/c1-31-20-10-6-5-9-18(20)24-22(30)19-15-21(29)26-23(25-19)28-13-11-27(12-14-28)16-17-7-3-2-4-8-17/h2-10,19H,11-16H2,1H3,(H,24,30)(H,25,26,29)/p+1/t19-/m1/s1. The van der Waals surface area contributed by atoms with Gasteiger partial charge in [-0.15, -0.1) is 0 Å². The average Bonchev–Trinajstić information content (AvgIpc) is 2.80. The molecule has 1 fully saturated rings. The number of methoxy groups -OCH3 is 1. The van der Waals surface area contributed by atoms with E-state index < -0.39 is 6.04 Å². The van der Waals surface area contributed by atoms with E-state index in [4.69, 9.17) is 4.74 Å². The molecule has 2 aromatic carbocycles. The van der Waals surface area contributed by atoms with Crippen LogP contribution in [0.15, 0.2) is 59.6 Å². The van der Waals surface area contributed by atoms with Crippen LogP contribution in [0.3, 0.4) is 0 Å². The van der Waals surface area contributed by atoms with E-state index in [2.05, 4.69) is 44.8 Å². The predicted molar refractivity (Wildman–Crippen MR) is 118 cm³/mol. The third-order valence-corrected chi connectivity index (χ3v) is 5.64. The Bertz CT molecular complexity index is 955. The Balaban J connectivity index is 1.38. The van der Waals surface area contributed by atoms with Crippen molar-refractivity contribution in [2.75, 3.05) is 38.6 Å². The van der Waals surface area contributed by atoms with Crippen molar-refractivity contribution in [1.29, 1.82) is 0 Å². The number of carbonyl (C=O) groups excluding carboxylic acids is 2. The van der Waals surface area contributed by atoms with Gasteiger partial charge in [0.1, 0.15) is 18.3 Å². The highest BCUT2D eigenvalue weighted by Crippen LogP contribution is 2.23. The zero-order valence-electron chi connectivity index (χ0n) is 17.6. The molecule has 3 N–H and O–H groups in total. The SMILES string of the molecule is COc1ccccc1NC(=O)[C@H]1CC(=O)NC(N2CC[NH+](Cc3ccccc3)CC2)=N1. The highest BCUT2D eigenvalue weighted by molar-refractivity contribution is 6.06. The highest BCUT2D eigenvalue weighted by atomic mass is 16.5. The number of anilines is 1. The minimum Gasteiger partial charge on any atom is -0.495 e. The third kappa shape index (κ3) is 5.21. The van der Waals surface area contributed by atoms with Gasteiger partial charge in [0.15, 0.2) is 0 Å². The molecule has 2 aliphatic heterocycles. The van der Waals surface area contributed by atoms with Gasteiger partial charge in [-0.2, -0.15) is 0 Å². The summed E-state index contributed by atoms with van der Waals surface area (Å²) in [6.07, 6.45) is 0.0315. The molecule has 1 atom stereocenters. The van der Waals surface area contributed by atoms with Crippen LogP contribution in [-0.4, -0.2) is 62.0 Å². The van der Waals surface area contributed by atoms with Crippen molar-refractivity contribution in [1.82, 2.24) is 10.2 Å². The summed E-state index contributed by atoms with van der Waals surface area (Å²) in [5.41, 5.74) is 1.89. The van der Waals surface area contributed by atoms with Gasteiger partial charge in [-0.3, -0.25) is 14.9 Å². The number of rotatable bonds is 5. The second-order valence-electron chi connectivity index (χ2n) is 7.81. The van der Waals surface area contributed by atoms with Crippen LogP contribution < -0.4 is 20.3 Å². The Morgan fingerprint density at radius 1 is 1.16 bits per heavy atom. The molecule has 0 aliphatic carbocycles. The fraction of sp³-hybridized carbons (Fsp3) is 0.348. The van der Waals surface area contributed by atoms with Crippen LogP contribution in [0, 0.1) is 0 Å². The van der Waals surface area contributed by atoms with E-state index in [1.54, 1.807) is 19.2 Å². The Labute approximate surface area is 181 Å². The topological polar surface area (TPSA) is 87.5 Å². The molecule has 0 unspecified atom stereocenters. The summed E-state index contributed by atoms with van der Waals surface area (Å²) >= 11 is 0. The Morgan fingerprint density at radius 3 is 2.61 bits per heavy atom. The lowest BCUT2D eigenvalue weighted by Crippen LogP contribution is -3.13. The summed E-state index contributed by atoms with van der Waals surface area (Å²) in [4.78, 5) is 33.2. The predicted octanol–water partition coefficient (Wildman–Crippen LogP) is 0.279. The molecule has 162 valence electrons. The van der Waals surface area contributed by atoms with Crippen LogP contribution >= 0.6 is 0 Å². The molecule has 0 saturated carbocycles. The van der Waals surface area contributed by atoms with Crippen LogP contribution in [0.4, 0.5) is 5.69 Å². The van der Waals surface area contributed by atoms with Crippen molar-refractivity contribution < 1.29 is 19.2 Å². The minimum atomic E-state index is -0.761. The maximum Gasteiger partial charge on any atom is 0.249 e.